The van der Waals surface area contributed by atoms with Crippen molar-refractivity contribution in [1.29, 1.82) is 0 Å². The lowest BCUT2D eigenvalue weighted by Gasteiger charge is -2.18. The number of carbonyl (C=O) groups is 1. The lowest BCUT2D eigenvalue weighted by atomic mass is 9.92. The minimum atomic E-state index is -5.02. The Bertz CT molecular complexity index is 2840. The van der Waals surface area contributed by atoms with Crippen LogP contribution in [-0.2, 0) is 30.4 Å². The third kappa shape index (κ3) is 9.33. The van der Waals surface area contributed by atoms with Crippen molar-refractivity contribution in [3.8, 4) is 0 Å². The molecule has 6 N–H and O–H groups in total. The highest BCUT2D eigenvalue weighted by Gasteiger charge is 2.34. The van der Waals surface area contributed by atoms with Crippen LogP contribution in [0.5, 0.6) is 0 Å². The number of nitrogens with zero attached hydrogens (tertiary/aromatic N) is 7. The Labute approximate surface area is 318 Å². The zero-order valence-corrected chi connectivity index (χ0v) is 30.6. The van der Waals surface area contributed by atoms with Crippen molar-refractivity contribution in [2.45, 2.75) is 9.79 Å². The first-order valence-corrected chi connectivity index (χ1v) is 19.9. The Hall–Kier alpha value is -6.69. The van der Waals surface area contributed by atoms with Crippen LogP contribution < -0.4 is 11.2 Å². The molecule has 0 unspecified atom stereocenters. The number of hydrogen-bond acceptors (Lipinski definition) is 16. The van der Waals surface area contributed by atoms with Crippen molar-refractivity contribution in [3.05, 3.63) is 125 Å². The van der Waals surface area contributed by atoms with Crippen molar-refractivity contribution in [2.24, 2.45) is 35.8 Å². The number of Topliss-reactive ketones (excluding diaryl/α,β-unsaturated/α-hetero) is 1. The van der Waals surface area contributed by atoms with Crippen LogP contribution in [0.3, 0.4) is 0 Å². The number of nitrogen functional groups attached to an aromatic ring is 1. The Morgan fingerprint density at radius 2 is 0.893 bits per heavy atom. The summed E-state index contributed by atoms with van der Waals surface area (Å²) in [5, 5.41) is 28.4. The lowest BCUT2D eigenvalue weighted by Crippen LogP contribution is -2.27. The summed E-state index contributed by atoms with van der Waals surface area (Å²) in [4.78, 5) is 12.2. The number of nitrogens with two attached hydrogens (primary N) is 1. The molecule has 0 aromatic heterocycles. The van der Waals surface area contributed by atoms with Crippen LogP contribution in [0.2, 0.25) is 0 Å². The molecule has 1 aliphatic rings. The van der Waals surface area contributed by atoms with Gasteiger partial charge in [0.1, 0.15) is 10.6 Å². The molecule has 0 amide bonds. The maximum Gasteiger partial charge on any atom is 0.296 e. The van der Waals surface area contributed by atoms with Crippen molar-refractivity contribution in [1.82, 2.24) is 0 Å². The summed E-state index contributed by atoms with van der Waals surface area (Å²) in [7, 11) is -13.7. The average molecular weight is 816 g/mol. The minimum absolute atomic E-state index is 0.0261. The van der Waals surface area contributed by atoms with E-state index in [9.17, 15) is 34.6 Å². The molecule has 0 bridgehead atoms. The second kappa shape index (κ2) is 15.6. The predicted molar refractivity (Wildman–Crippen MR) is 204 cm³/mol. The quantitative estimate of drug-likeness (QED) is 0.0368. The van der Waals surface area contributed by atoms with Crippen LogP contribution >= 0.6 is 0 Å². The molecule has 5 aromatic carbocycles. The van der Waals surface area contributed by atoms with Gasteiger partial charge in [-0.15, -0.1) is 5.11 Å². The fourth-order valence-corrected chi connectivity index (χ4v) is 6.45. The molecule has 0 radical (unpaired) electrons. The molecule has 56 heavy (non-hydrogen) atoms. The third-order valence-electron chi connectivity index (χ3n) is 7.61. The van der Waals surface area contributed by atoms with E-state index in [-0.39, 0.29) is 32.3 Å². The van der Waals surface area contributed by atoms with Gasteiger partial charge in [-0.1, -0.05) is 0 Å². The van der Waals surface area contributed by atoms with Gasteiger partial charge in [-0.25, -0.2) is 0 Å². The average Bonchev–Trinajstić information content (AvgIpc) is 3.15. The molecule has 19 nitrogen and oxygen atoms in total. The number of carbonyl (C=O) groups excluding carboxylic acids is 1. The lowest BCUT2D eigenvalue weighted by molar-refractivity contribution is 0.106. The fourth-order valence-electron chi connectivity index (χ4n) is 4.84. The van der Waals surface area contributed by atoms with E-state index in [4.69, 9.17) is 14.8 Å². The van der Waals surface area contributed by atoms with Crippen molar-refractivity contribution in [3.63, 3.8) is 0 Å². The van der Waals surface area contributed by atoms with Gasteiger partial charge in [0.15, 0.2) is 5.71 Å². The van der Waals surface area contributed by atoms with E-state index in [0.717, 1.165) is 6.08 Å². The van der Waals surface area contributed by atoms with E-state index in [1.54, 1.807) is 12.1 Å². The molecule has 22 heteroatoms. The van der Waals surface area contributed by atoms with Gasteiger partial charge in [0.2, 0.25) is 5.78 Å². The molecule has 284 valence electrons. The Balaban J connectivity index is 1.19. The van der Waals surface area contributed by atoms with Crippen LogP contribution in [-0.4, -0.2) is 50.4 Å². The van der Waals surface area contributed by atoms with Crippen molar-refractivity contribution in [2.75, 3.05) is 11.2 Å². The van der Waals surface area contributed by atoms with E-state index in [2.05, 4.69) is 41.2 Å². The second-order valence-electron chi connectivity index (χ2n) is 11.5. The van der Waals surface area contributed by atoms with Gasteiger partial charge >= 0.3 is 0 Å². The van der Waals surface area contributed by atoms with Crippen LogP contribution in [0.1, 0.15) is 15.9 Å². The minimum Gasteiger partial charge on any atom is -0.397 e. The van der Waals surface area contributed by atoms with E-state index in [1.807, 2.05) is 0 Å². The second-order valence-corrected chi connectivity index (χ2v) is 15.7. The summed E-state index contributed by atoms with van der Waals surface area (Å²) in [6.45, 7) is 0. The standard InChI is InChI=1S/C34H25N9O10S3/c35-30-18-17-28-29(32(30)42-40-22-5-1-20(2-6-22)36-38-24-9-13-26(14-10-24)54(45,46)47)19-31(56(51,52)53)33(34(28)44)43-41-23-7-3-21(4-8-23)37-39-25-11-15-27(16-12-25)55(48,49)50/h1-19,41H,35H2,(H,45,46,47)(H,48,49,50)(H,51,52,53). The SMILES string of the molecule is Nc1ccc2c(c1N=Nc1ccc(N=Nc3ccc(S(=O)(=O)O)cc3)cc1)C=C(S(=O)(=O)O)C(=NNc1ccc(N=Nc3ccc(S(=O)(=O)O)cc3)cc1)C2=O. The van der Waals surface area contributed by atoms with E-state index >= 15 is 0 Å². The number of azo groups is 3. The molecule has 0 saturated heterocycles. The van der Waals surface area contributed by atoms with E-state index in [0.29, 0.717) is 34.1 Å². The number of anilines is 2. The van der Waals surface area contributed by atoms with Gasteiger partial charge in [-0.3, -0.25) is 23.9 Å². The Morgan fingerprint density at radius 1 is 0.500 bits per heavy atom. The van der Waals surface area contributed by atoms with Crippen LogP contribution in [0.15, 0.2) is 160 Å². The van der Waals surface area contributed by atoms with E-state index < -0.39 is 46.8 Å². The highest BCUT2D eigenvalue weighted by molar-refractivity contribution is 7.91. The number of fused-ring (bicyclic) bond motifs is 1. The third-order valence-corrected chi connectivity index (χ3v) is 10.2. The molecule has 0 saturated carbocycles. The maximum absolute atomic E-state index is 13.6. The van der Waals surface area contributed by atoms with E-state index in [1.165, 1.54) is 97.1 Å². The number of hydrazone groups is 1. The smallest absolute Gasteiger partial charge is 0.296 e. The number of rotatable bonds is 11. The van der Waals surface area contributed by atoms with Gasteiger partial charge in [-0.05, 0) is 115 Å². The first kappa shape index (κ1) is 39.0. The Kier molecular flexibility index (Phi) is 10.9. The summed E-state index contributed by atoms with van der Waals surface area (Å²) < 4.78 is 98.1. The molecular formula is C34H25N9O10S3. The normalized spacial score (nSPS) is 14.4. The van der Waals surface area contributed by atoms with Crippen molar-refractivity contribution < 1.29 is 43.7 Å². The zero-order chi connectivity index (χ0) is 40.3. The topological polar surface area (TPSA) is 305 Å². The van der Waals surface area contributed by atoms with Gasteiger partial charge in [0.25, 0.3) is 30.4 Å². The molecule has 0 fully saturated rings. The number of hydrogen-bond donors (Lipinski definition) is 5. The van der Waals surface area contributed by atoms with Gasteiger partial charge < -0.3 is 5.73 Å². The summed E-state index contributed by atoms with van der Waals surface area (Å²) in [5.41, 5.74) is 10.1. The zero-order valence-electron chi connectivity index (χ0n) is 28.1. The molecule has 0 atom stereocenters. The molecule has 5 aromatic rings. The number of benzene rings is 5. The first-order valence-electron chi connectivity index (χ1n) is 15.6. The first-order chi connectivity index (χ1) is 26.5. The number of allylic oxidation sites excluding steroid dienone is 1. The summed E-state index contributed by atoms with van der Waals surface area (Å²) in [6.07, 6.45) is 1.01. The monoisotopic (exact) mass is 815 g/mol. The summed E-state index contributed by atoms with van der Waals surface area (Å²) in [6, 6.07) is 25.0. The maximum atomic E-state index is 13.6. The van der Waals surface area contributed by atoms with Crippen LogP contribution in [0.25, 0.3) is 6.08 Å². The molecule has 0 heterocycles. The molecular weight excluding hydrogens is 791 g/mol. The number of ketones is 1. The molecule has 0 spiro atoms. The van der Waals surface area contributed by atoms with Crippen molar-refractivity contribution >= 4 is 93.4 Å². The fraction of sp³-hybridized carbons (Fsp3) is 0. The highest BCUT2D eigenvalue weighted by atomic mass is 32.2. The Morgan fingerprint density at radius 3 is 1.30 bits per heavy atom. The highest BCUT2D eigenvalue weighted by Crippen LogP contribution is 2.38. The largest absolute Gasteiger partial charge is 0.397 e. The molecule has 0 aliphatic heterocycles. The molecule has 6 rings (SSSR count). The summed E-state index contributed by atoms with van der Waals surface area (Å²) in [5.74, 6) is -0.869. The van der Waals surface area contributed by atoms with Crippen LogP contribution in [0.4, 0.5) is 45.5 Å². The number of nitrogens with one attached hydrogen (secondary N) is 1. The predicted octanol–water partition coefficient (Wildman–Crippen LogP) is 7.90. The van der Waals surface area contributed by atoms with Gasteiger partial charge in [0.05, 0.1) is 49.6 Å². The van der Waals surface area contributed by atoms with Gasteiger partial charge in [-0.2, -0.15) is 55.9 Å². The van der Waals surface area contributed by atoms with Gasteiger partial charge in [0, 0.05) is 11.1 Å². The molecule has 1 aliphatic carbocycles. The summed E-state index contributed by atoms with van der Waals surface area (Å²) >= 11 is 0. The van der Waals surface area contributed by atoms with Crippen LogP contribution in [0, 0.1) is 0 Å².